The van der Waals surface area contributed by atoms with E-state index >= 15 is 0 Å². The molecule has 1 fully saturated rings. The molecule has 8 N–H and O–H groups in total. The summed E-state index contributed by atoms with van der Waals surface area (Å²) in [6.07, 6.45) is -7.92. The summed E-state index contributed by atoms with van der Waals surface area (Å²) in [4.78, 5) is 22.2. The van der Waals surface area contributed by atoms with E-state index in [0.717, 1.165) is 0 Å². The second kappa shape index (κ2) is 7.28. The molecule has 1 aliphatic heterocycles. The molecule has 1 rings (SSSR count). The number of amides is 1. The zero-order chi connectivity index (χ0) is 17.1. The largest absolute Gasteiger partial charge is 0.477 e. The van der Waals surface area contributed by atoms with Gasteiger partial charge in [0.15, 0.2) is 0 Å². The van der Waals surface area contributed by atoms with Crippen molar-refractivity contribution in [3.05, 3.63) is 0 Å². The summed E-state index contributed by atoms with van der Waals surface area (Å²) in [5.41, 5.74) is 0. The Morgan fingerprint density at radius 3 is 2.36 bits per heavy atom. The number of hydrogen-bond donors (Lipinski definition) is 8. The van der Waals surface area contributed by atoms with Gasteiger partial charge in [-0.25, -0.2) is 4.79 Å². The van der Waals surface area contributed by atoms with Crippen molar-refractivity contribution in [2.75, 3.05) is 13.2 Å². The number of carboxylic acids is 1. The van der Waals surface area contributed by atoms with Crippen LogP contribution in [0.5, 0.6) is 0 Å². The number of aliphatic carboxylic acids is 1. The maximum atomic E-state index is 11.2. The molecule has 0 radical (unpaired) electrons. The van der Waals surface area contributed by atoms with E-state index in [0.29, 0.717) is 0 Å². The van der Waals surface area contributed by atoms with Gasteiger partial charge in [0.25, 0.3) is 5.79 Å². The van der Waals surface area contributed by atoms with E-state index in [9.17, 15) is 30.0 Å². The van der Waals surface area contributed by atoms with Gasteiger partial charge in [0.05, 0.1) is 18.8 Å². The van der Waals surface area contributed by atoms with Crippen molar-refractivity contribution in [2.45, 2.75) is 42.7 Å². The Labute approximate surface area is 124 Å². The number of hydrogen-bond acceptors (Lipinski definition) is 9. The molecular weight excluding hydrogens is 308 g/mol. The lowest BCUT2D eigenvalue weighted by molar-refractivity contribution is -0.295. The summed E-state index contributed by atoms with van der Waals surface area (Å²) in [7, 11) is 0. The Morgan fingerprint density at radius 2 is 1.91 bits per heavy atom. The van der Waals surface area contributed by atoms with Crippen LogP contribution >= 0.6 is 0 Å². The average Bonchev–Trinajstić information content (AvgIpc) is 2.47. The number of ether oxygens (including phenoxy) is 1. The first kappa shape index (κ1) is 18.7. The molecule has 1 aliphatic rings. The van der Waals surface area contributed by atoms with Crippen molar-refractivity contribution in [1.29, 1.82) is 0 Å². The van der Waals surface area contributed by atoms with Crippen LogP contribution < -0.4 is 5.32 Å². The van der Waals surface area contributed by atoms with Crippen LogP contribution in [0.15, 0.2) is 0 Å². The van der Waals surface area contributed by atoms with Gasteiger partial charge in [-0.05, 0) is 0 Å². The quantitative estimate of drug-likeness (QED) is 0.219. The second-order valence-corrected chi connectivity index (χ2v) is 4.94. The molecule has 0 spiro atoms. The van der Waals surface area contributed by atoms with E-state index in [2.05, 4.69) is 5.32 Å². The molecule has 0 aromatic heterocycles. The van der Waals surface area contributed by atoms with Gasteiger partial charge >= 0.3 is 5.97 Å². The van der Waals surface area contributed by atoms with Gasteiger partial charge in [-0.15, -0.1) is 0 Å². The summed E-state index contributed by atoms with van der Waals surface area (Å²) in [6.45, 7) is -1.86. The lowest BCUT2D eigenvalue weighted by atomic mass is 9.89. The van der Waals surface area contributed by atoms with Crippen molar-refractivity contribution >= 4 is 11.9 Å². The molecule has 0 aliphatic carbocycles. The monoisotopic (exact) mass is 327 g/mol. The number of carbonyl (C=O) groups is 2. The van der Waals surface area contributed by atoms with E-state index in [-0.39, 0.29) is 0 Å². The van der Waals surface area contributed by atoms with Gasteiger partial charge in [-0.2, -0.15) is 0 Å². The van der Waals surface area contributed by atoms with Gasteiger partial charge in [-0.3, -0.25) is 4.79 Å². The van der Waals surface area contributed by atoms with Crippen LogP contribution in [-0.4, -0.2) is 97.1 Å². The fourth-order valence-electron chi connectivity index (χ4n) is 2.13. The predicted octanol–water partition coefficient (Wildman–Crippen LogP) is -4.90. The van der Waals surface area contributed by atoms with Crippen molar-refractivity contribution in [2.24, 2.45) is 0 Å². The van der Waals surface area contributed by atoms with Crippen LogP contribution in [-0.2, 0) is 14.3 Å². The Hall–Kier alpha value is -1.34. The molecule has 128 valence electrons. The highest BCUT2D eigenvalue weighted by atomic mass is 16.7. The number of aliphatic hydroxyl groups excluding tert-OH is 5. The Kier molecular flexibility index (Phi) is 6.19. The van der Waals surface area contributed by atoms with Crippen LogP contribution in [0.25, 0.3) is 0 Å². The molecule has 1 amide bonds. The minimum Gasteiger partial charge on any atom is -0.477 e. The normalized spacial score (nSPS) is 34.7. The van der Waals surface area contributed by atoms with Crippen molar-refractivity contribution in [1.82, 2.24) is 5.32 Å². The van der Waals surface area contributed by atoms with Gasteiger partial charge in [-0.1, -0.05) is 0 Å². The third-order valence-corrected chi connectivity index (χ3v) is 3.31. The highest BCUT2D eigenvalue weighted by Gasteiger charge is 2.53. The fraction of sp³-hybridized carbons (Fsp3) is 0.818. The molecule has 0 aromatic carbocycles. The Balaban J connectivity index is 3.07. The number of nitrogens with one attached hydrogen (secondary N) is 1. The molecule has 11 heteroatoms. The van der Waals surface area contributed by atoms with E-state index in [1.165, 1.54) is 0 Å². The third-order valence-electron chi connectivity index (χ3n) is 3.31. The number of rotatable bonds is 6. The summed E-state index contributed by atoms with van der Waals surface area (Å²) >= 11 is 0. The third kappa shape index (κ3) is 3.89. The van der Waals surface area contributed by atoms with E-state index in [1.54, 1.807) is 0 Å². The van der Waals surface area contributed by atoms with Gasteiger partial charge in [0.1, 0.15) is 24.9 Å². The molecule has 0 aromatic rings. The molecule has 1 heterocycles. The predicted molar refractivity (Wildman–Crippen MR) is 66.2 cm³/mol. The molecule has 6 atom stereocenters. The van der Waals surface area contributed by atoms with Crippen molar-refractivity contribution in [3.63, 3.8) is 0 Å². The van der Waals surface area contributed by atoms with Crippen LogP contribution in [0.4, 0.5) is 0 Å². The first-order valence-electron chi connectivity index (χ1n) is 6.35. The SMILES string of the molecule is O=C(O)C1(O)C[C@H](O)[C@@H](N[13C](=O)[13CH2]O)[C@H]([C@H](O)[C@H](O)CO)O1. The van der Waals surface area contributed by atoms with E-state index in [4.69, 9.17) is 20.1 Å². The molecule has 0 saturated carbocycles. The van der Waals surface area contributed by atoms with Gasteiger partial charge < -0.3 is 45.8 Å². The average molecular weight is 327 g/mol. The highest BCUT2D eigenvalue weighted by Crippen LogP contribution is 2.30. The number of carboxylic acid groups (broad SMARTS) is 1. The molecule has 11 nitrogen and oxygen atoms in total. The summed E-state index contributed by atoms with van der Waals surface area (Å²) in [5, 5.41) is 67.5. The number of carbonyl (C=O) groups excluding carboxylic acids is 1. The smallest absolute Gasteiger partial charge is 0.364 e. The zero-order valence-corrected chi connectivity index (χ0v) is 11.4. The lowest BCUT2D eigenvalue weighted by Crippen LogP contribution is -2.67. The second-order valence-electron chi connectivity index (χ2n) is 4.94. The van der Waals surface area contributed by atoms with E-state index in [1.807, 2.05) is 0 Å². The zero-order valence-electron chi connectivity index (χ0n) is 11.4. The maximum Gasteiger partial charge on any atom is 0.364 e. The highest BCUT2D eigenvalue weighted by molar-refractivity contribution is 5.78. The van der Waals surface area contributed by atoms with Crippen LogP contribution in [0.3, 0.4) is 0 Å². The van der Waals surface area contributed by atoms with Gasteiger partial charge in [0.2, 0.25) is 5.91 Å². The topological polar surface area (TPSA) is 197 Å². The van der Waals surface area contributed by atoms with Crippen LogP contribution in [0.1, 0.15) is 6.42 Å². The van der Waals surface area contributed by atoms with Crippen molar-refractivity contribution in [3.8, 4) is 0 Å². The van der Waals surface area contributed by atoms with Crippen LogP contribution in [0.2, 0.25) is 0 Å². The first-order chi connectivity index (χ1) is 10.2. The molecule has 22 heavy (non-hydrogen) atoms. The fourth-order valence-corrected chi connectivity index (χ4v) is 2.13. The Bertz CT molecular complexity index is 418. The van der Waals surface area contributed by atoms with Crippen LogP contribution in [0, 0.1) is 0 Å². The minimum atomic E-state index is -2.85. The molecular formula is C11H19NO10. The summed E-state index contributed by atoms with van der Waals surface area (Å²) in [5.74, 6) is -5.64. The molecule has 1 unspecified atom stereocenters. The molecule has 0 bridgehead atoms. The van der Waals surface area contributed by atoms with Crippen molar-refractivity contribution < 1.29 is 50.1 Å². The maximum absolute atomic E-state index is 11.2. The standard InChI is InChI=1S/C11H19NO10/c13-2-5(16)8(18)9-7(12-6(17)3-14)4(15)1-11(21,22-9)10(19)20/h4-5,7-9,13-16,18,21H,1-3H2,(H,12,17)(H,19,20)/t4-,5+,7+,8+,9+,11?/m0/s1/i3+1,6+1. The minimum absolute atomic E-state index is 0.822. The first-order valence-corrected chi connectivity index (χ1v) is 6.35. The summed E-state index contributed by atoms with van der Waals surface area (Å²) in [6, 6.07) is -1.42. The molecule has 1 saturated heterocycles. The van der Waals surface area contributed by atoms with E-state index < -0.39 is 67.8 Å². The van der Waals surface area contributed by atoms with Gasteiger partial charge in [0, 0.05) is 6.42 Å². The lowest BCUT2D eigenvalue weighted by Gasteiger charge is -2.44. The summed E-state index contributed by atoms with van der Waals surface area (Å²) < 4.78 is 4.83. The Morgan fingerprint density at radius 1 is 1.32 bits per heavy atom. The number of aliphatic hydroxyl groups is 6.